The highest BCUT2D eigenvalue weighted by Gasteiger charge is 2.37. The number of benzene rings is 2. The molecule has 0 saturated heterocycles. The van der Waals surface area contributed by atoms with Gasteiger partial charge in [0.1, 0.15) is 7.05 Å². The Balaban J connectivity index is 2.31. The second kappa shape index (κ2) is 11.8. The first-order chi connectivity index (χ1) is 17.3. The van der Waals surface area contributed by atoms with Crippen LogP contribution in [-0.2, 0) is 7.05 Å². The van der Waals surface area contributed by atoms with Gasteiger partial charge in [-0.1, -0.05) is 111 Å². The summed E-state index contributed by atoms with van der Waals surface area (Å²) in [6.45, 7) is 26.2. The number of aryl methyl sites for hydroxylation is 1. The summed E-state index contributed by atoms with van der Waals surface area (Å²) in [5.74, 6) is 3.23. The number of nitrogens with zero attached hydrogens (tertiary/aromatic N) is 1. The maximum Gasteiger partial charge on any atom is 0.220 e. The van der Waals surface area contributed by atoms with Gasteiger partial charge in [-0.05, 0) is 70.7 Å². The van der Waals surface area contributed by atoms with Crippen molar-refractivity contribution in [3.63, 3.8) is 0 Å². The zero-order valence-corrected chi connectivity index (χ0v) is 27.0. The van der Waals surface area contributed by atoms with Gasteiger partial charge in [-0.3, -0.25) is 0 Å². The van der Waals surface area contributed by atoms with Gasteiger partial charge in [0.2, 0.25) is 5.69 Å². The average molecular weight is 517 g/mol. The van der Waals surface area contributed by atoms with E-state index < -0.39 is 8.07 Å². The van der Waals surface area contributed by atoms with Crippen molar-refractivity contribution in [1.29, 1.82) is 0 Å². The van der Waals surface area contributed by atoms with Gasteiger partial charge in [0.25, 0.3) is 0 Å². The number of fused-ring (bicyclic) bond motifs is 1. The summed E-state index contributed by atoms with van der Waals surface area (Å²) in [6.07, 6.45) is 2.29. The lowest BCUT2D eigenvalue weighted by molar-refractivity contribution is -0.659. The van der Waals surface area contributed by atoms with E-state index in [9.17, 15) is 0 Å². The first kappa shape index (κ1) is 29.6. The summed E-state index contributed by atoms with van der Waals surface area (Å²) in [5, 5.41) is 4.46. The lowest BCUT2D eigenvalue weighted by atomic mass is 9.86. The fraction of sp³-hybridized carbons (Fsp3) is 0.571. The molecule has 0 aliphatic carbocycles. The molecule has 2 heteroatoms. The molecule has 3 aromatic rings. The molecule has 0 radical (unpaired) electrons. The summed E-state index contributed by atoms with van der Waals surface area (Å²) in [6, 6.07) is 19.0. The number of aromatic nitrogens is 1. The molecule has 0 N–H and O–H groups in total. The highest BCUT2D eigenvalue weighted by molar-refractivity contribution is 6.92. The fourth-order valence-electron chi connectivity index (χ4n) is 6.92. The number of rotatable bonds is 10. The van der Waals surface area contributed by atoms with Crippen LogP contribution in [0.2, 0.25) is 18.1 Å². The van der Waals surface area contributed by atoms with Crippen molar-refractivity contribution in [2.24, 2.45) is 24.8 Å². The molecule has 1 aromatic heterocycles. The van der Waals surface area contributed by atoms with Crippen molar-refractivity contribution in [2.45, 2.75) is 106 Å². The predicted octanol–water partition coefficient (Wildman–Crippen LogP) is 9.51. The molecule has 37 heavy (non-hydrogen) atoms. The first-order valence-electron chi connectivity index (χ1n) is 14.8. The minimum Gasteiger partial charge on any atom is -0.200 e. The highest BCUT2D eigenvalue weighted by Crippen LogP contribution is 2.37. The molecule has 0 fully saturated rings. The lowest BCUT2D eigenvalue weighted by Gasteiger charge is -2.37. The molecule has 0 aliphatic heterocycles. The first-order valence-corrected chi connectivity index (χ1v) is 17.5. The van der Waals surface area contributed by atoms with Gasteiger partial charge in [-0.15, -0.1) is 0 Å². The molecule has 0 atom stereocenters. The molecule has 0 spiro atoms. The van der Waals surface area contributed by atoms with Crippen LogP contribution in [0.25, 0.3) is 22.0 Å². The second-order valence-electron chi connectivity index (χ2n) is 13.7. The minimum atomic E-state index is -1.65. The normalized spacial score (nSPS) is 12.8. The molecule has 0 bridgehead atoms. The second-order valence-corrected chi connectivity index (χ2v) is 18.1. The quantitative estimate of drug-likeness (QED) is 0.186. The van der Waals surface area contributed by atoms with Crippen LogP contribution in [0.4, 0.5) is 0 Å². The van der Waals surface area contributed by atoms with Gasteiger partial charge in [-0.2, -0.15) is 0 Å². The van der Waals surface area contributed by atoms with Crippen LogP contribution < -0.4 is 9.75 Å². The number of hydrogen-bond donors (Lipinski definition) is 0. The maximum absolute atomic E-state index is 2.60. The SMILES string of the molecule is Cc1c(-c2c3ccc([Si](CC(C)C)(CC(C)C)CC(C)C)cc3cc[n+]2C)cc(C(C)C)cc1C(C)C. The van der Waals surface area contributed by atoms with E-state index in [0.717, 1.165) is 17.8 Å². The van der Waals surface area contributed by atoms with E-state index in [1.54, 1.807) is 5.19 Å². The van der Waals surface area contributed by atoms with Crippen LogP contribution in [-0.4, -0.2) is 8.07 Å². The summed E-state index contributed by atoms with van der Waals surface area (Å²) < 4.78 is 2.35. The largest absolute Gasteiger partial charge is 0.220 e. The van der Waals surface area contributed by atoms with Crippen LogP contribution in [0.3, 0.4) is 0 Å². The molecule has 1 nitrogen and oxygen atoms in total. The van der Waals surface area contributed by atoms with Gasteiger partial charge in [0.15, 0.2) is 6.20 Å². The predicted molar refractivity (Wildman–Crippen MR) is 168 cm³/mol. The van der Waals surface area contributed by atoms with Gasteiger partial charge >= 0.3 is 0 Å². The Hall–Kier alpha value is -1.93. The summed E-state index contributed by atoms with van der Waals surface area (Å²) in [5.41, 5.74) is 7.09. The Morgan fingerprint density at radius 2 is 1.27 bits per heavy atom. The van der Waals surface area contributed by atoms with Crippen molar-refractivity contribution in [3.8, 4) is 11.3 Å². The van der Waals surface area contributed by atoms with Crippen LogP contribution in [0.5, 0.6) is 0 Å². The van der Waals surface area contributed by atoms with Crippen LogP contribution in [0, 0.1) is 24.7 Å². The van der Waals surface area contributed by atoms with Crippen LogP contribution >= 0.6 is 0 Å². The topological polar surface area (TPSA) is 3.88 Å². The molecule has 2 aromatic carbocycles. The summed E-state index contributed by atoms with van der Waals surface area (Å²) >= 11 is 0. The van der Waals surface area contributed by atoms with E-state index in [1.807, 2.05) is 0 Å². The highest BCUT2D eigenvalue weighted by atomic mass is 28.3. The molecule has 1 heterocycles. The van der Waals surface area contributed by atoms with E-state index >= 15 is 0 Å². The van der Waals surface area contributed by atoms with Crippen molar-refractivity contribution in [2.75, 3.05) is 0 Å². The molecule has 202 valence electrons. The third-order valence-corrected chi connectivity index (χ3v) is 14.5. The molecule has 0 unspecified atom stereocenters. The van der Waals surface area contributed by atoms with Gasteiger partial charge < -0.3 is 0 Å². The summed E-state index contributed by atoms with van der Waals surface area (Å²) in [4.78, 5) is 0. The molecule has 3 rings (SSSR count). The number of pyridine rings is 1. The van der Waals surface area contributed by atoms with E-state index in [4.69, 9.17) is 0 Å². The third kappa shape index (κ3) is 6.56. The van der Waals surface area contributed by atoms with E-state index in [-0.39, 0.29) is 0 Å². The smallest absolute Gasteiger partial charge is 0.200 e. The van der Waals surface area contributed by atoms with E-state index in [2.05, 4.69) is 130 Å². The molecule has 0 amide bonds. The standard InChI is InChI=1S/C35H54NSi/c1-23(2)20-37(21-24(3)4,22-25(5)6)31-13-14-32-29(17-31)15-16-36(12)35(32)34-19-30(26(7)8)18-33(27(9)10)28(34)11/h13-19,23-27H,20-22H2,1-12H3/q+1. The van der Waals surface area contributed by atoms with Gasteiger partial charge in [-0.25, -0.2) is 4.57 Å². The molecule has 0 saturated carbocycles. The monoisotopic (exact) mass is 516 g/mol. The average Bonchev–Trinajstić information content (AvgIpc) is 2.77. The molecular weight excluding hydrogens is 462 g/mol. The summed E-state index contributed by atoms with van der Waals surface area (Å²) in [7, 11) is 0.563. The van der Waals surface area contributed by atoms with Crippen molar-refractivity contribution in [3.05, 3.63) is 59.3 Å². The Bertz CT molecular complexity index is 1190. The Morgan fingerprint density at radius 3 is 1.76 bits per heavy atom. The molecule has 0 aliphatic rings. The van der Waals surface area contributed by atoms with Gasteiger partial charge in [0.05, 0.1) is 19.0 Å². The Kier molecular flexibility index (Phi) is 9.49. The number of hydrogen-bond acceptors (Lipinski definition) is 0. The van der Waals surface area contributed by atoms with E-state index in [0.29, 0.717) is 11.8 Å². The van der Waals surface area contributed by atoms with E-state index in [1.165, 1.54) is 56.9 Å². The van der Waals surface area contributed by atoms with Crippen LogP contribution in [0.1, 0.15) is 97.8 Å². The Morgan fingerprint density at radius 1 is 0.703 bits per heavy atom. The third-order valence-electron chi connectivity index (χ3n) is 8.16. The van der Waals surface area contributed by atoms with Gasteiger partial charge in [0, 0.05) is 6.07 Å². The zero-order valence-electron chi connectivity index (χ0n) is 26.0. The molecular formula is C35H54NSi+. The minimum absolute atomic E-state index is 0.512. The maximum atomic E-state index is 2.60. The lowest BCUT2D eigenvalue weighted by Crippen LogP contribution is -2.50. The van der Waals surface area contributed by atoms with Crippen molar-refractivity contribution >= 4 is 24.0 Å². The van der Waals surface area contributed by atoms with Crippen molar-refractivity contribution in [1.82, 2.24) is 0 Å². The van der Waals surface area contributed by atoms with Crippen molar-refractivity contribution < 1.29 is 4.57 Å². The fourth-order valence-corrected chi connectivity index (χ4v) is 13.7. The van der Waals surface area contributed by atoms with Crippen LogP contribution in [0.15, 0.2) is 42.6 Å². The zero-order chi connectivity index (χ0) is 27.7. The Labute approximate surface area is 229 Å².